The van der Waals surface area contributed by atoms with Gasteiger partial charge in [-0.1, -0.05) is 18.2 Å². The molecule has 3 atom stereocenters. The van der Waals surface area contributed by atoms with Gasteiger partial charge in [0.05, 0.1) is 6.61 Å². The lowest BCUT2D eigenvalue weighted by atomic mass is 9.95. The third-order valence-corrected chi connectivity index (χ3v) is 5.30. The van der Waals surface area contributed by atoms with Crippen molar-refractivity contribution in [2.24, 2.45) is 0 Å². The van der Waals surface area contributed by atoms with Crippen molar-refractivity contribution in [3.63, 3.8) is 0 Å². The number of rotatable bonds is 5. The highest BCUT2D eigenvalue weighted by Crippen LogP contribution is 2.35. The molecule has 2 bridgehead atoms. The van der Waals surface area contributed by atoms with Crippen LogP contribution in [0.4, 0.5) is 0 Å². The van der Waals surface area contributed by atoms with Crippen molar-refractivity contribution in [3.8, 4) is 5.75 Å². The average Bonchev–Trinajstić information content (AvgIpc) is 2.85. The lowest BCUT2D eigenvalue weighted by Gasteiger charge is -2.39. The summed E-state index contributed by atoms with van der Waals surface area (Å²) in [5.41, 5.74) is 1.31. The predicted molar refractivity (Wildman–Crippen MR) is 86.8 cm³/mol. The van der Waals surface area contributed by atoms with E-state index in [1.54, 1.807) is 0 Å². The molecule has 0 aliphatic carbocycles. The Morgan fingerprint density at radius 2 is 1.90 bits per heavy atom. The Morgan fingerprint density at radius 1 is 1.24 bits per heavy atom. The Labute approximate surface area is 128 Å². The van der Waals surface area contributed by atoms with Crippen molar-refractivity contribution in [1.82, 2.24) is 10.2 Å². The van der Waals surface area contributed by atoms with Gasteiger partial charge < -0.3 is 10.1 Å². The smallest absolute Gasteiger partial charge is 0.124 e. The molecule has 3 rings (SSSR count). The Bertz CT molecular complexity index is 464. The molecule has 1 N–H and O–H groups in total. The molecule has 1 aromatic rings. The predicted octanol–water partition coefficient (Wildman–Crippen LogP) is 3.36. The summed E-state index contributed by atoms with van der Waals surface area (Å²) in [6.07, 6.45) is 5.29. The number of benzene rings is 1. The monoisotopic (exact) mass is 288 g/mol. The lowest BCUT2D eigenvalue weighted by Crippen LogP contribution is -2.47. The number of hydrogen-bond acceptors (Lipinski definition) is 3. The van der Waals surface area contributed by atoms with Gasteiger partial charge in [-0.2, -0.15) is 0 Å². The van der Waals surface area contributed by atoms with Gasteiger partial charge in [0.2, 0.25) is 0 Å². The molecule has 116 valence electrons. The van der Waals surface area contributed by atoms with E-state index in [1.165, 1.54) is 31.2 Å². The van der Waals surface area contributed by atoms with Crippen LogP contribution in [0.1, 0.15) is 51.1 Å². The molecule has 2 aliphatic heterocycles. The van der Waals surface area contributed by atoms with Crippen LogP contribution in [0.2, 0.25) is 0 Å². The summed E-state index contributed by atoms with van der Waals surface area (Å²) in [5.74, 6) is 1.04. The van der Waals surface area contributed by atoms with Gasteiger partial charge in [0, 0.05) is 29.7 Å². The molecule has 0 radical (unpaired) electrons. The second-order valence-corrected chi connectivity index (χ2v) is 6.58. The molecular weight excluding hydrogens is 260 g/mol. The number of fused-ring (bicyclic) bond motifs is 2. The fraction of sp³-hybridized carbons (Fsp3) is 0.667. The van der Waals surface area contributed by atoms with E-state index in [1.807, 2.05) is 0 Å². The highest BCUT2D eigenvalue weighted by atomic mass is 16.5. The van der Waals surface area contributed by atoms with Crippen LogP contribution in [-0.4, -0.2) is 36.7 Å². The van der Waals surface area contributed by atoms with Crippen LogP contribution >= 0.6 is 0 Å². The van der Waals surface area contributed by atoms with E-state index in [2.05, 4.69) is 55.4 Å². The van der Waals surface area contributed by atoms with Crippen molar-refractivity contribution < 1.29 is 4.74 Å². The maximum Gasteiger partial charge on any atom is 0.124 e. The van der Waals surface area contributed by atoms with E-state index in [-0.39, 0.29) is 0 Å². The third kappa shape index (κ3) is 3.09. The molecule has 3 heteroatoms. The maximum atomic E-state index is 5.81. The van der Waals surface area contributed by atoms with Crippen LogP contribution < -0.4 is 10.1 Å². The highest BCUT2D eigenvalue weighted by molar-refractivity contribution is 5.35. The van der Waals surface area contributed by atoms with Gasteiger partial charge in [-0.05, 0) is 52.6 Å². The zero-order chi connectivity index (χ0) is 14.8. The summed E-state index contributed by atoms with van der Waals surface area (Å²) >= 11 is 0. The fourth-order valence-corrected chi connectivity index (χ4v) is 4.01. The molecule has 3 nitrogen and oxygen atoms in total. The number of nitrogens with zero attached hydrogens (tertiary/aromatic N) is 1. The largest absolute Gasteiger partial charge is 0.494 e. The second kappa shape index (κ2) is 6.37. The first-order valence-corrected chi connectivity index (χ1v) is 8.38. The van der Waals surface area contributed by atoms with Gasteiger partial charge >= 0.3 is 0 Å². The summed E-state index contributed by atoms with van der Waals surface area (Å²) in [6, 6.07) is 11.1. The Morgan fingerprint density at radius 3 is 2.57 bits per heavy atom. The molecule has 1 aromatic carbocycles. The van der Waals surface area contributed by atoms with Gasteiger partial charge in [0.25, 0.3) is 0 Å². The van der Waals surface area contributed by atoms with Crippen LogP contribution in [0, 0.1) is 0 Å². The second-order valence-electron chi connectivity index (χ2n) is 6.58. The Kier molecular flexibility index (Phi) is 4.51. The van der Waals surface area contributed by atoms with Crippen LogP contribution in [0.5, 0.6) is 5.75 Å². The summed E-state index contributed by atoms with van der Waals surface area (Å²) in [7, 11) is 2.28. The molecule has 2 saturated heterocycles. The summed E-state index contributed by atoms with van der Waals surface area (Å²) < 4.78 is 5.81. The maximum absolute atomic E-state index is 5.81. The molecule has 0 spiro atoms. The average molecular weight is 288 g/mol. The lowest BCUT2D eigenvalue weighted by molar-refractivity contribution is 0.130. The standard InChI is InChI=1S/C18H28N2O/c1-4-21-18-8-6-5-7-17(18)13(2)20(3)16-11-14-9-10-15(12-16)19-14/h5-8,13-16,19H,4,9-12H2,1-3H3. The number of ether oxygens (including phenoxy) is 1. The van der Waals surface area contributed by atoms with Crippen LogP contribution in [0.25, 0.3) is 0 Å². The number of nitrogens with one attached hydrogen (secondary N) is 1. The molecular formula is C18H28N2O. The molecule has 0 aromatic heterocycles. The van der Waals surface area contributed by atoms with Crippen LogP contribution in [-0.2, 0) is 0 Å². The van der Waals surface area contributed by atoms with E-state index in [0.29, 0.717) is 12.1 Å². The molecule has 21 heavy (non-hydrogen) atoms. The zero-order valence-corrected chi connectivity index (χ0v) is 13.5. The van der Waals surface area contributed by atoms with E-state index in [9.17, 15) is 0 Å². The highest BCUT2D eigenvalue weighted by Gasteiger charge is 2.36. The number of para-hydroxylation sites is 1. The zero-order valence-electron chi connectivity index (χ0n) is 13.5. The third-order valence-electron chi connectivity index (χ3n) is 5.30. The number of piperidine rings is 1. The van der Waals surface area contributed by atoms with Gasteiger partial charge in [-0.3, -0.25) is 4.90 Å². The van der Waals surface area contributed by atoms with Crippen molar-refractivity contribution >= 4 is 0 Å². The van der Waals surface area contributed by atoms with Crippen LogP contribution in [0.15, 0.2) is 24.3 Å². The van der Waals surface area contributed by atoms with Crippen molar-refractivity contribution in [2.75, 3.05) is 13.7 Å². The van der Waals surface area contributed by atoms with Crippen molar-refractivity contribution in [1.29, 1.82) is 0 Å². The Hall–Kier alpha value is -1.06. The van der Waals surface area contributed by atoms with E-state index < -0.39 is 0 Å². The first kappa shape index (κ1) is 14.9. The van der Waals surface area contributed by atoms with Gasteiger partial charge in [-0.25, -0.2) is 0 Å². The molecule has 2 heterocycles. The summed E-state index contributed by atoms with van der Waals surface area (Å²) in [4.78, 5) is 2.56. The molecule has 0 saturated carbocycles. The first-order chi connectivity index (χ1) is 10.2. The first-order valence-electron chi connectivity index (χ1n) is 8.38. The topological polar surface area (TPSA) is 24.5 Å². The molecule has 2 fully saturated rings. The van der Waals surface area contributed by atoms with Crippen molar-refractivity contribution in [2.45, 2.75) is 63.7 Å². The summed E-state index contributed by atoms with van der Waals surface area (Å²) in [6.45, 7) is 5.09. The Balaban J connectivity index is 1.73. The number of hydrogen-bond donors (Lipinski definition) is 1. The van der Waals surface area contributed by atoms with Gasteiger partial charge in [0.1, 0.15) is 5.75 Å². The van der Waals surface area contributed by atoms with Gasteiger partial charge in [-0.15, -0.1) is 0 Å². The van der Waals surface area contributed by atoms with E-state index in [0.717, 1.165) is 24.4 Å². The normalized spacial score (nSPS) is 29.6. The quantitative estimate of drug-likeness (QED) is 0.899. The van der Waals surface area contributed by atoms with E-state index >= 15 is 0 Å². The van der Waals surface area contributed by atoms with Gasteiger partial charge in [0.15, 0.2) is 0 Å². The molecule has 3 unspecified atom stereocenters. The van der Waals surface area contributed by atoms with Crippen LogP contribution in [0.3, 0.4) is 0 Å². The molecule has 0 amide bonds. The SMILES string of the molecule is CCOc1ccccc1C(C)N(C)C1CC2CCC(C1)N2. The van der Waals surface area contributed by atoms with Crippen molar-refractivity contribution in [3.05, 3.63) is 29.8 Å². The minimum Gasteiger partial charge on any atom is -0.494 e. The van der Waals surface area contributed by atoms with E-state index in [4.69, 9.17) is 4.74 Å². The minimum atomic E-state index is 0.398. The fourth-order valence-electron chi connectivity index (χ4n) is 4.01. The summed E-state index contributed by atoms with van der Waals surface area (Å²) in [5, 5.41) is 3.73. The molecule has 2 aliphatic rings. The minimum absolute atomic E-state index is 0.398.